The predicted octanol–water partition coefficient (Wildman–Crippen LogP) is 4.07. The summed E-state index contributed by atoms with van der Waals surface area (Å²) in [4.78, 5) is 0. The number of rotatable bonds is 2. The van der Waals surface area contributed by atoms with Crippen LogP contribution in [-0.4, -0.2) is 6.54 Å². The summed E-state index contributed by atoms with van der Waals surface area (Å²) in [5.74, 6) is 0.711. The maximum absolute atomic E-state index is 6.10. The lowest BCUT2D eigenvalue weighted by Crippen LogP contribution is -2.30. The molecule has 0 aromatic heterocycles. The normalized spacial score (nSPS) is 24.3. The van der Waals surface area contributed by atoms with Gasteiger partial charge in [-0.05, 0) is 87.6 Å². The zero-order valence-corrected chi connectivity index (χ0v) is 15.9. The van der Waals surface area contributed by atoms with Crippen molar-refractivity contribution in [1.82, 2.24) is 0 Å². The van der Waals surface area contributed by atoms with E-state index >= 15 is 0 Å². The standard InChI is InChI=1S/C26H25N/c1-17-5-2-6-18(13-17)14-21-15-25-22(12-11-20(21)16-27)23-9-3-7-19-8-4-10-24(25)26(19)23/h2,4,6-8,10,12,14-15,17H,3,5,9,13,16,27H2,1H3. The molecule has 27 heavy (non-hydrogen) atoms. The Kier molecular flexibility index (Phi) is 4.01. The van der Waals surface area contributed by atoms with Gasteiger partial charge in [0.2, 0.25) is 0 Å². The Labute approximate surface area is 161 Å². The highest BCUT2D eigenvalue weighted by Crippen LogP contribution is 2.37. The van der Waals surface area contributed by atoms with E-state index in [2.05, 4.69) is 67.3 Å². The zero-order valence-electron chi connectivity index (χ0n) is 15.9. The van der Waals surface area contributed by atoms with Crippen LogP contribution in [0.3, 0.4) is 0 Å². The first-order valence-corrected chi connectivity index (χ1v) is 10.1. The van der Waals surface area contributed by atoms with E-state index in [0.29, 0.717) is 12.5 Å². The molecule has 1 heteroatoms. The van der Waals surface area contributed by atoms with E-state index < -0.39 is 0 Å². The van der Waals surface area contributed by atoms with E-state index in [-0.39, 0.29) is 0 Å². The highest BCUT2D eigenvalue weighted by Gasteiger charge is 2.24. The smallest absolute Gasteiger partial charge is 0.0258 e. The van der Waals surface area contributed by atoms with Gasteiger partial charge in [0.15, 0.2) is 0 Å². The lowest BCUT2D eigenvalue weighted by Gasteiger charge is -2.16. The molecule has 0 spiro atoms. The fourth-order valence-electron chi connectivity index (χ4n) is 4.80. The number of fused-ring (bicyclic) bond motifs is 2. The third-order valence-corrected chi connectivity index (χ3v) is 6.10. The van der Waals surface area contributed by atoms with E-state index in [0.717, 1.165) is 24.8 Å². The first-order chi connectivity index (χ1) is 13.2. The van der Waals surface area contributed by atoms with Crippen LogP contribution in [0.25, 0.3) is 17.2 Å². The molecule has 0 saturated heterocycles. The van der Waals surface area contributed by atoms with Crippen LogP contribution in [0.2, 0.25) is 0 Å². The van der Waals surface area contributed by atoms with Crippen molar-refractivity contribution in [3.63, 3.8) is 0 Å². The fourth-order valence-corrected chi connectivity index (χ4v) is 4.80. The molecule has 0 radical (unpaired) electrons. The van der Waals surface area contributed by atoms with Gasteiger partial charge in [-0.25, -0.2) is 0 Å². The fraction of sp³-hybridized carbons (Fsp3) is 0.269. The van der Waals surface area contributed by atoms with Crippen molar-refractivity contribution in [2.75, 3.05) is 6.54 Å². The Balaban J connectivity index is 1.70. The molecule has 1 aromatic carbocycles. The minimum Gasteiger partial charge on any atom is -0.326 e. The summed E-state index contributed by atoms with van der Waals surface area (Å²) in [5, 5.41) is 2.83. The summed E-state index contributed by atoms with van der Waals surface area (Å²) < 4.78 is 0. The molecule has 0 aliphatic heterocycles. The van der Waals surface area contributed by atoms with Gasteiger partial charge in [0.25, 0.3) is 0 Å². The third kappa shape index (κ3) is 2.75. The van der Waals surface area contributed by atoms with Crippen molar-refractivity contribution in [2.24, 2.45) is 11.7 Å². The number of allylic oxidation sites excluding steroid dienone is 7. The monoisotopic (exact) mass is 351 g/mol. The van der Waals surface area contributed by atoms with Gasteiger partial charge in [0.1, 0.15) is 0 Å². The summed E-state index contributed by atoms with van der Waals surface area (Å²) in [7, 11) is 0. The van der Waals surface area contributed by atoms with Crippen LogP contribution in [0.4, 0.5) is 0 Å². The zero-order chi connectivity index (χ0) is 18.4. The van der Waals surface area contributed by atoms with E-state index in [9.17, 15) is 0 Å². The van der Waals surface area contributed by atoms with E-state index in [1.807, 2.05) is 0 Å². The maximum atomic E-state index is 6.10. The molecule has 1 nitrogen and oxygen atoms in total. The molecule has 0 saturated carbocycles. The van der Waals surface area contributed by atoms with E-state index in [4.69, 9.17) is 5.73 Å². The number of nitrogens with two attached hydrogens (primary N) is 1. The van der Waals surface area contributed by atoms with Crippen LogP contribution in [-0.2, 0) is 0 Å². The molecule has 134 valence electrons. The van der Waals surface area contributed by atoms with E-state index in [1.165, 1.54) is 50.3 Å². The van der Waals surface area contributed by atoms with Crippen LogP contribution >= 0.6 is 0 Å². The van der Waals surface area contributed by atoms with Gasteiger partial charge in [-0.15, -0.1) is 5.73 Å². The van der Waals surface area contributed by atoms with Crippen LogP contribution in [0.15, 0.2) is 76.6 Å². The Morgan fingerprint density at radius 1 is 1.26 bits per heavy atom. The molecule has 1 aromatic rings. The Bertz CT molecular complexity index is 1140. The molecule has 1 unspecified atom stereocenters. The van der Waals surface area contributed by atoms with Gasteiger partial charge in [-0.2, -0.15) is 0 Å². The predicted molar refractivity (Wildman–Crippen MR) is 114 cm³/mol. The first kappa shape index (κ1) is 16.6. The molecule has 5 rings (SSSR count). The Morgan fingerprint density at radius 2 is 2.19 bits per heavy atom. The molecule has 0 bridgehead atoms. The van der Waals surface area contributed by atoms with Gasteiger partial charge in [0.05, 0.1) is 0 Å². The largest absolute Gasteiger partial charge is 0.326 e. The lowest BCUT2D eigenvalue weighted by molar-refractivity contribution is 0.578. The van der Waals surface area contributed by atoms with Crippen LogP contribution in [0.1, 0.15) is 38.2 Å². The summed E-state index contributed by atoms with van der Waals surface area (Å²) in [6.45, 7) is 2.84. The molecular weight excluding hydrogens is 326 g/mol. The van der Waals surface area contributed by atoms with Crippen molar-refractivity contribution < 1.29 is 0 Å². The number of hydrogen-bond donors (Lipinski definition) is 1. The Morgan fingerprint density at radius 3 is 3.04 bits per heavy atom. The minimum atomic E-state index is 0.516. The molecule has 4 aliphatic rings. The second-order valence-electron chi connectivity index (χ2n) is 8.06. The first-order valence-electron chi connectivity index (χ1n) is 10.1. The lowest BCUT2D eigenvalue weighted by atomic mass is 9.90. The van der Waals surface area contributed by atoms with Gasteiger partial charge in [-0.3, -0.25) is 0 Å². The molecular formula is C26H25N. The summed E-state index contributed by atoms with van der Waals surface area (Å²) >= 11 is 0. The van der Waals surface area contributed by atoms with Crippen LogP contribution < -0.4 is 16.2 Å². The molecule has 0 fully saturated rings. The van der Waals surface area contributed by atoms with Crippen molar-refractivity contribution in [2.45, 2.75) is 32.6 Å². The Hall–Kier alpha value is -2.60. The molecule has 0 amide bonds. The van der Waals surface area contributed by atoms with Crippen molar-refractivity contribution in [3.8, 4) is 0 Å². The van der Waals surface area contributed by atoms with Crippen molar-refractivity contribution in [3.05, 3.63) is 92.6 Å². The van der Waals surface area contributed by atoms with E-state index in [1.54, 1.807) is 0 Å². The average molecular weight is 351 g/mol. The molecule has 1 atom stereocenters. The van der Waals surface area contributed by atoms with Crippen LogP contribution in [0.5, 0.6) is 0 Å². The third-order valence-electron chi connectivity index (χ3n) is 6.10. The average Bonchev–Trinajstić information content (AvgIpc) is 2.86. The molecule has 2 N–H and O–H groups in total. The number of benzene rings is 1. The minimum absolute atomic E-state index is 0.516. The summed E-state index contributed by atoms with van der Waals surface area (Å²) in [6, 6.07) is 6.70. The van der Waals surface area contributed by atoms with Gasteiger partial charge >= 0.3 is 0 Å². The number of hydrogen-bond acceptors (Lipinski definition) is 1. The molecule has 4 aliphatic carbocycles. The summed E-state index contributed by atoms with van der Waals surface area (Å²) in [5.41, 5.74) is 18.9. The quantitative estimate of drug-likeness (QED) is 0.799. The second-order valence-corrected chi connectivity index (χ2v) is 8.06. The maximum Gasteiger partial charge on any atom is 0.0258 e. The van der Waals surface area contributed by atoms with Crippen LogP contribution in [0, 0.1) is 5.92 Å². The summed E-state index contributed by atoms with van der Waals surface area (Å²) in [6.07, 6.45) is 18.4. The topological polar surface area (TPSA) is 26.0 Å². The molecule has 0 heterocycles. The SMILES string of the molecule is CC1CC=CC(=CC2=CC3=C(C=C=C2CN)C2=c4c3cccc4=CCC2)C1. The highest BCUT2D eigenvalue weighted by molar-refractivity contribution is 5.97. The van der Waals surface area contributed by atoms with Crippen molar-refractivity contribution in [1.29, 1.82) is 0 Å². The van der Waals surface area contributed by atoms with Gasteiger partial charge in [-0.1, -0.05) is 49.4 Å². The van der Waals surface area contributed by atoms with Gasteiger partial charge < -0.3 is 5.73 Å². The second kappa shape index (κ2) is 6.53. The van der Waals surface area contributed by atoms with Gasteiger partial charge in [0, 0.05) is 12.1 Å². The highest BCUT2D eigenvalue weighted by atomic mass is 14.5. The van der Waals surface area contributed by atoms with Crippen molar-refractivity contribution >= 4 is 17.2 Å².